The van der Waals surface area contributed by atoms with E-state index in [0.29, 0.717) is 30.2 Å². The van der Waals surface area contributed by atoms with Crippen LogP contribution in [0.4, 0.5) is 0 Å². The van der Waals surface area contributed by atoms with Crippen LogP contribution in [0.15, 0.2) is 28.8 Å². The molecule has 30 heavy (non-hydrogen) atoms. The van der Waals surface area contributed by atoms with Crippen LogP contribution in [0.25, 0.3) is 11.4 Å². The van der Waals surface area contributed by atoms with E-state index in [1.165, 1.54) is 19.3 Å². The van der Waals surface area contributed by atoms with E-state index in [0.717, 1.165) is 50.1 Å². The van der Waals surface area contributed by atoms with Crippen LogP contribution in [0, 0.1) is 5.92 Å². The number of nitrogens with zero attached hydrogens (tertiary/aromatic N) is 4. The molecule has 0 N–H and O–H groups in total. The molecular weight excluding hydrogens is 380 g/mol. The van der Waals surface area contributed by atoms with Gasteiger partial charge in [-0.05, 0) is 56.5 Å². The van der Waals surface area contributed by atoms with Crippen molar-refractivity contribution >= 4 is 5.91 Å². The molecule has 2 fully saturated rings. The Morgan fingerprint density at radius 1 is 1.17 bits per heavy atom. The summed E-state index contributed by atoms with van der Waals surface area (Å²) >= 11 is 0. The molecular formula is C23H32N4O3. The molecule has 4 rings (SSSR count). The van der Waals surface area contributed by atoms with Gasteiger partial charge in [-0.1, -0.05) is 24.4 Å². The minimum absolute atomic E-state index is 0.0645. The molecule has 1 aromatic heterocycles. The van der Waals surface area contributed by atoms with E-state index in [4.69, 9.17) is 9.26 Å². The maximum atomic E-state index is 13.1. The van der Waals surface area contributed by atoms with Gasteiger partial charge in [0.05, 0.1) is 19.6 Å². The van der Waals surface area contributed by atoms with Gasteiger partial charge in [0.1, 0.15) is 5.75 Å². The predicted molar refractivity (Wildman–Crippen MR) is 114 cm³/mol. The maximum absolute atomic E-state index is 13.1. The molecule has 1 atom stereocenters. The largest absolute Gasteiger partial charge is 0.497 e. The van der Waals surface area contributed by atoms with Gasteiger partial charge in [-0.2, -0.15) is 4.98 Å². The normalized spacial score (nSPS) is 20.8. The van der Waals surface area contributed by atoms with E-state index in [-0.39, 0.29) is 5.92 Å². The van der Waals surface area contributed by atoms with E-state index in [1.807, 2.05) is 36.2 Å². The number of benzene rings is 1. The molecule has 0 spiro atoms. The second-order valence-electron chi connectivity index (χ2n) is 8.56. The molecule has 1 aliphatic carbocycles. The second kappa shape index (κ2) is 9.60. The van der Waals surface area contributed by atoms with Crippen LogP contribution in [0.1, 0.15) is 50.8 Å². The Labute approximate surface area is 178 Å². The Bertz CT molecular complexity index is 829. The highest BCUT2D eigenvalue weighted by Crippen LogP contribution is 2.26. The van der Waals surface area contributed by atoms with Crippen LogP contribution < -0.4 is 4.74 Å². The SMILES string of the molecule is COc1ccc(-c2noc(CN3CCCC(C(=O)N(C)C4CCCCC4)C3)n2)cc1. The van der Waals surface area contributed by atoms with Crippen LogP contribution in [0.5, 0.6) is 5.75 Å². The highest BCUT2D eigenvalue weighted by Gasteiger charge is 2.31. The van der Waals surface area contributed by atoms with Crippen molar-refractivity contribution < 1.29 is 14.1 Å². The van der Waals surface area contributed by atoms with Crippen molar-refractivity contribution in [3.8, 4) is 17.1 Å². The Balaban J connectivity index is 1.34. The average Bonchev–Trinajstić information content (AvgIpc) is 3.27. The number of aromatic nitrogens is 2. The van der Waals surface area contributed by atoms with Gasteiger partial charge in [-0.25, -0.2) is 0 Å². The lowest BCUT2D eigenvalue weighted by Gasteiger charge is -2.37. The fourth-order valence-corrected chi connectivity index (χ4v) is 4.70. The first-order chi connectivity index (χ1) is 14.6. The number of likely N-dealkylation sites (tertiary alicyclic amines) is 1. The van der Waals surface area contributed by atoms with Crippen molar-refractivity contribution in [1.29, 1.82) is 0 Å². The van der Waals surface area contributed by atoms with E-state index < -0.39 is 0 Å². The molecule has 2 aliphatic rings. The highest BCUT2D eigenvalue weighted by molar-refractivity contribution is 5.79. The Kier molecular flexibility index (Phi) is 6.67. The molecule has 162 valence electrons. The van der Waals surface area contributed by atoms with Gasteiger partial charge in [0.15, 0.2) is 0 Å². The molecule has 1 saturated carbocycles. The summed E-state index contributed by atoms with van der Waals surface area (Å²) in [4.78, 5) is 21.9. The molecule has 1 unspecified atom stereocenters. The number of hydrogen-bond acceptors (Lipinski definition) is 6. The summed E-state index contributed by atoms with van der Waals surface area (Å²) in [5.41, 5.74) is 0.895. The minimum Gasteiger partial charge on any atom is -0.497 e. The van der Waals surface area contributed by atoms with Crippen molar-refractivity contribution in [2.75, 3.05) is 27.2 Å². The zero-order valence-electron chi connectivity index (χ0n) is 18.0. The number of carbonyl (C=O) groups excluding carboxylic acids is 1. The number of carbonyl (C=O) groups is 1. The highest BCUT2D eigenvalue weighted by atomic mass is 16.5. The van der Waals surface area contributed by atoms with Crippen molar-refractivity contribution in [2.45, 2.75) is 57.5 Å². The number of hydrogen-bond donors (Lipinski definition) is 0. The maximum Gasteiger partial charge on any atom is 0.241 e. The fourth-order valence-electron chi connectivity index (χ4n) is 4.70. The molecule has 1 aliphatic heterocycles. The van der Waals surface area contributed by atoms with Gasteiger partial charge in [0.25, 0.3) is 0 Å². The molecule has 1 aromatic carbocycles. The number of rotatable bonds is 6. The first kappa shape index (κ1) is 20.8. The Hall–Kier alpha value is -2.41. The van der Waals surface area contributed by atoms with E-state index in [1.54, 1.807) is 7.11 Å². The number of methoxy groups -OCH3 is 1. The van der Waals surface area contributed by atoms with Crippen LogP contribution in [-0.2, 0) is 11.3 Å². The predicted octanol–water partition coefficient (Wildman–Crippen LogP) is 3.75. The molecule has 7 heteroatoms. The lowest BCUT2D eigenvalue weighted by Crippen LogP contribution is -2.47. The molecule has 2 heterocycles. The number of ether oxygens (including phenoxy) is 1. The van der Waals surface area contributed by atoms with Gasteiger partial charge in [0, 0.05) is 25.2 Å². The van der Waals surface area contributed by atoms with Crippen LogP contribution in [0.2, 0.25) is 0 Å². The summed E-state index contributed by atoms with van der Waals surface area (Å²) < 4.78 is 10.7. The zero-order chi connectivity index (χ0) is 20.9. The third-order valence-electron chi connectivity index (χ3n) is 6.50. The summed E-state index contributed by atoms with van der Waals surface area (Å²) in [5.74, 6) is 2.33. The van der Waals surface area contributed by atoms with Gasteiger partial charge < -0.3 is 14.2 Å². The second-order valence-corrected chi connectivity index (χ2v) is 8.56. The summed E-state index contributed by atoms with van der Waals surface area (Å²) in [6, 6.07) is 8.03. The molecule has 0 bridgehead atoms. The molecule has 2 aromatic rings. The third kappa shape index (κ3) is 4.83. The van der Waals surface area contributed by atoms with Crippen molar-refractivity contribution in [3.63, 3.8) is 0 Å². The lowest BCUT2D eigenvalue weighted by atomic mass is 9.91. The van der Waals surface area contributed by atoms with Crippen molar-refractivity contribution in [1.82, 2.24) is 19.9 Å². The quantitative estimate of drug-likeness (QED) is 0.720. The first-order valence-electron chi connectivity index (χ1n) is 11.1. The smallest absolute Gasteiger partial charge is 0.241 e. The monoisotopic (exact) mass is 412 g/mol. The van der Waals surface area contributed by atoms with Crippen molar-refractivity contribution in [3.05, 3.63) is 30.2 Å². The van der Waals surface area contributed by atoms with Gasteiger partial charge in [-0.3, -0.25) is 9.69 Å². The average molecular weight is 413 g/mol. The summed E-state index contributed by atoms with van der Waals surface area (Å²) in [5, 5.41) is 4.12. The molecule has 0 radical (unpaired) electrons. The summed E-state index contributed by atoms with van der Waals surface area (Å²) in [7, 11) is 3.64. The van der Waals surface area contributed by atoms with Crippen LogP contribution in [-0.4, -0.2) is 59.1 Å². The third-order valence-corrected chi connectivity index (χ3v) is 6.50. The van der Waals surface area contributed by atoms with Gasteiger partial charge in [-0.15, -0.1) is 0 Å². The van der Waals surface area contributed by atoms with Crippen molar-refractivity contribution in [2.24, 2.45) is 5.92 Å². The number of amides is 1. The zero-order valence-corrected chi connectivity index (χ0v) is 18.0. The molecule has 1 saturated heterocycles. The first-order valence-corrected chi connectivity index (χ1v) is 11.1. The fraction of sp³-hybridized carbons (Fsp3) is 0.609. The standard InChI is InChI=1S/C23H32N4O3/c1-26(19-8-4-3-5-9-19)23(28)18-7-6-14-27(15-18)16-21-24-22(25-30-21)17-10-12-20(29-2)13-11-17/h10-13,18-19H,3-9,14-16H2,1-2H3. The Morgan fingerprint density at radius 2 is 1.93 bits per heavy atom. The molecule has 7 nitrogen and oxygen atoms in total. The summed E-state index contributed by atoms with van der Waals surface area (Å²) in [6.07, 6.45) is 8.07. The van der Waals surface area contributed by atoms with Crippen LogP contribution >= 0.6 is 0 Å². The number of piperidine rings is 1. The van der Waals surface area contributed by atoms with E-state index in [9.17, 15) is 4.79 Å². The van der Waals surface area contributed by atoms with Gasteiger partial charge in [0.2, 0.25) is 17.6 Å². The van der Waals surface area contributed by atoms with Crippen LogP contribution in [0.3, 0.4) is 0 Å². The molecule has 1 amide bonds. The Morgan fingerprint density at radius 3 is 2.67 bits per heavy atom. The topological polar surface area (TPSA) is 71.7 Å². The van der Waals surface area contributed by atoms with Gasteiger partial charge >= 0.3 is 0 Å². The van der Waals surface area contributed by atoms with E-state index in [2.05, 4.69) is 15.0 Å². The summed E-state index contributed by atoms with van der Waals surface area (Å²) in [6.45, 7) is 2.30. The lowest BCUT2D eigenvalue weighted by molar-refractivity contribution is -0.138. The minimum atomic E-state index is 0.0645. The van der Waals surface area contributed by atoms with E-state index >= 15 is 0 Å².